The number of hydrogen-bond acceptors (Lipinski definition) is 4. The minimum Gasteiger partial charge on any atom is -0.493 e. The highest BCUT2D eigenvalue weighted by Crippen LogP contribution is 2.32. The van der Waals surface area contributed by atoms with Crippen molar-refractivity contribution < 1.29 is 27.4 Å². The van der Waals surface area contributed by atoms with Crippen LogP contribution < -0.4 is 14.8 Å². The first-order valence-electron chi connectivity index (χ1n) is 7.00. The monoisotopic (exact) mass is 330 g/mol. The Morgan fingerprint density at radius 1 is 1.26 bits per heavy atom. The van der Waals surface area contributed by atoms with E-state index in [1.807, 2.05) is 11.4 Å². The maximum atomic E-state index is 12.2. The lowest BCUT2D eigenvalue weighted by Gasteiger charge is -2.20. The van der Waals surface area contributed by atoms with Crippen LogP contribution in [0.25, 0.3) is 0 Å². The highest BCUT2D eigenvalue weighted by Gasteiger charge is 2.38. The summed E-state index contributed by atoms with van der Waals surface area (Å²) in [6, 6.07) is 3.61. The maximum Gasteiger partial charge on any atom is 0.471 e. The van der Waals surface area contributed by atoms with E-state index >= 15 is 0 Å². The summed E-state index contributed by atoms with van der Waals surface area (Å²) in [5, 5.41) is 1.85. The molecule has 0 bridgehead atoms. The number of hydrogen-bond donors (Lipinski definition) is 1. The van der Waals surface area contributed by atoms with Crippen LogP contribution in [-0.2, 0) is 11.2 Å². The van der Waals surface area contributed by atoms with Crippen molar-refractivity contribution in [3.63, 3.8) is 0 Å². The number of nitrogens with one attached hydrogen (secondary N) is 1. The van der Waals surface area contributed by atoms with Crippen molar-refractivity contribution in [2.45, 2.75) is 19.0 Å². The second kappa shape index (κ2) is 6.89. The van der Waals surface area contributed by atoms with Crippen molar-refractivity contribution in [1.82, 2.24) is 5.32 Å². The van der Waals surface area contributed by atoms with Crippen molar-refractivity contribution in [2.24, 2.45) is 4.99 Å². The molecule has 1 heterocycles. The Kier molecular flexibility index (Phi) is 5.12. The van der Waals surface area contributed by atoms with Gasteiger partial charge in [-0.05, 0) is 24.1 Å². The molecular formula is C15H17F3N2O3. The third-order valence-electron chi connectivity index (χ3n) is 3.51. The van der Waals surface area contributed by atoms with E-state index in [4.69, 9.17) is 9.47 Å². The highest BCUT2D eigenvalue weighted by molar-refractivity contribution is 6.03. The highest BCUT2D eigenvalue weighted by atomic mass is 19.4. The standard InChI is InChI=1S/C15H17F3N2O3/c1-22-12-7-9-3-5-19-11(10(9)8-13(12)23-2)4-6-20-14(21)15(16,17)18/h7-8H,3-6H2,1-2H3,(H,20,21). The molecule has 0 radical (unpaired) electrons. The second-order valence-electron chi connectivity index (χ2n) is 4.95. The fourth-order valence-corrected chi connectivity index (χ4v) is 2.40. The summed E-state index contributed by atoms with van der Waals surface area (Å²) in [5.74, 6) is -0.820. The Bertz CT molecular complexity index is 627. The summed E-state index contributed by atoms with van der Waals surface area (Å²) in [4.78, 5) is 15.2. The summed E-state index contributed by atoms with van der Waals surface area (Å²) in [5.41, 5.74) is 2.46. The molecule has 0 spiro atoms. The van der Waals surface area contributed by atoms with E-state index in [1.165, 1.54) is 14.2 Å². The lowest BCUT2D eigenvalue weighted by Crippen LogP contribution is -2.38. The number of aliphatic imine (C=N–C) groups is 1. The van der Waals surface area contributed by atoms with Gasteiger partial charge in [-0.3, -0.25) is 9.79 Å². The molecule has 5 nitrogen and oxygen atoms in total. The predicted octanol–water partition coefficient (Wildman–Crippen LogP) is 2.12. The SMILES string of the molecule is COc1cc2c(cc1OC)C(CCNC(=O)C(F)(F)F)=NCC2. The molecule has 0 atom stereocenters. The molecule has 0 aromatic heterocycles. The molecule has 2 rings (SSSR count). The first-order valence-corrected chi connectivity index (χ1v) is 7.00. The van der Waals surface area contributed by atoms with Gasteiger partial charge in [-0.25, -0.2) is 0 Å². The van der Waals surface area contributed by atoms with Gasteiger partial charge in [0.05, 0.1) is 14.2 Å². The number of alkyl halides is 3. The van der Waals surface area contributed by atoms with E-state index in [-0.39, 0.29) is 13.0 Å². The number of fused-ring (bicyclic) bond motifs is 1. The maximum absolute atomic E-state index is 12.2. The zero-order valence-electron chi connectivity index (χ0n) is 12.8. The molecule has 0 fully saturated rings. The van der Waals surface area contributed by atoms with Gasteiger partial charge in [0.25, 0.3) is 0 Å². The fourth-order valence-electron chi connectivity index (χ4n) is 2.40. The van der Waals surface area contributed by atoms with Crippen LogP contribution in [0.15, 0.2) is 17.1 Å². The molecule has 1 aromatic carbocycles. The number of carbonyl (C=O) groups is 1. The van der Waals surface area contributed by atoms with Crippen LogP contribution >= 0.6 is 0 Å². The number of ether oxygens (including phenoxy) is 2. The van der Waals surface area contributed by atoms with E-state index in [0.29, 0.717) is 30.2 Å². The molecule has 0 aliphatic carbocycles. The van der Waals surface area contributed by atoms with Crippen LogP contribution in [0, 0.1) is 0 Å². The van der Waals surface area contributed by atoms with Gasteiger partial charge in [-0.1, -0.05) is 0 Å². The summed E-state index contributed by atoms with van der Waals surface area (Å²) in [6.45, 7) is 0.413. The summed E-state index contributed by atoms with van der Waals surface area (Å²) in [6.07, 6.45) is -3.94. The lowest BCUT2D eigenvalue weighted by atomic mass is 9.95. The van der Waals surface area contributed by atoms with Crippen LogP contribution in [-0.4, -0.2) is 45.1 Å². The van der Waals surface area contributed by atoms with Crippen LogP contribution in [0.1, 0.15) is 17.5 Å². The van der Waals surface area contributed by atoms with Gasteiger partial charge >= 0.3 is 12.1 Å². The van der Waals surface area contributed by atoms with Crippen LogP contribution in [0.5, 0.6) is 11.5 Å². The number of benzene rings is 1. The molecular weight excluding hydrogens is 313 g/mol. The average molecular weight is 330 g/mol. The van der Waals surface area contributed by atoms with Gasteiger partial charge in [-0.2, -0.15) is 13.2 Å². The van der Waals surface area contributed by atoms with E-state index in [1.54, 1.807) is 6.07 Å². The Morgan fingerprint density at radius 3 is 2.52 bits per heavy atom. The number of halogens is 3. The Morgan fingerprint density at radius 2 is 1.91 bits per heavy atom. The van der Waals surface area contributed by atoms with Crippen molar-refractivity contribution in [3.8, 4) is 11.5 Å². The summed E-state index contributed by atoms with van der Waals surface area (Å²) >= 11 is 0. The molecule has 0 unspecified atom stereocenters. The van der Waals surface area contributed by atoms with E-state index in [9.17, 15) is 18.0 Å². The molecule has 8 heteroatoms. The fraction of sp³-hybridized carbons (Fsp3) is 0.467. The van der Waals surface area contributed by atoms with Gasteiger partial charge in [0, 0.05) is 30.8 Å². The number of nitrogens with zero attached hydrogens (tertiary/aromatic N) is 1. The Labute approximate surface area is 131 Å². The van der Waals surface area contributed by atoms with Crippen LogP contribution in [0.2, 0.25) is 0 Å². The molecule has 23 heavy (non-hydrogen) atoms. The Hall–Kier alpha value is -2.25. The van der Waals surface area contributed by atoms with Crippen molar-refractivity contribution in [1.29, 1.82) is 0 Å². The molecule has 1 aromatic rings. The second-order valence-corrected chi connectivity index (χ2v) is 4.95. The van der Waals surface area contributed by atoms with E-state index < -0.39 is 12.1 Å². The minimum atomic E-state index is -4.87. The average Bonchev–Trinajstić information content (AvgIpc) is 2.52. The summed E-state index contributed by atoms with van der Waals surface area (Å²) < 4.78 is 47.0. The molecule has 0 saturated carbocycles. The zero-order valence-corrected chi connectivity index (χ0v) is 12.8. The molecule has 1 N–H and O–H groups in total. The van der Waals surface area contributed by atoms with Gasteiger partial charge in [0.15, 0.2) is 11.5 Å². The van der Waals surface area contributed by atoms with Crippen molar-refractivity contribution in [2.75, 3.05) is 27.3 Å². The topological polar surface area (TPSA) is 59.9 Å². The molecule has 1 amide bonds. The largest absolute Gasteiger partial charge is 0.493 e. The van der Waals surface area contributed by atoms with Crippen LogP contribution in [0.3, 0.4) is 0 Å². The number of amides is 1. The first kappa shape index (κ1) is 17.1. The number of rotatable bonds is 5. The van der Waals surface area contributed by atoms with E-state index in [0.717, 1.165) is 11.1 Å². The zero-order chi connectivity index (χ0) is 17.0. The van der Waals surface area contributed by atoms with Crippen molar-refractivity contribution >= 4 is 11.6 Å². The minimum absolute atomic E-state index is 0.134. The van der Waals surface area contributed by atoms with E-state index in [2.05, 4.69) is 4.99 Å². The third-order valence-corrected chi connectivity index (χ3v) is 3.51. The molecule has 0 saturated heterocycles. The first-order chi connectivity index (χ1) is 10.9. The molecule has 126 valence electrons. The van der Waals surface area contributed by atoms with Crippen molar-refractivity contribution in [3.05, 3.63) is 23.3 Å². The van der Waals surface area contributed by atoms with Gasteiger partial charge in [-0.15, -0.1) is 0 Å². The summed E-state index contributed by atoms with van der Waals surface area (Å²) in [7, 11) is 3.04. The smallest absolute Gasteiger partial charge is 0.471 e. The van der Waals surface area contributed by atoms with Gasteiger partial charge in [0.2, 0.25) is 0 Å². The Balaban J connectivity index is 2.11. The number of carbonyl (C=O) groups excluding carboxylic acids is 1. The van der Waals surface area contributed by atoms with Gasteiger partial charge in [0.1, 0.15) is 0 Å². The third kappa shape index (κ3) is 3.94. The number of methoxy groups -OCH3 is 2. The van der Waals surface area contributed by atoms with Gasteiger partial charge < -0.3 is 14.8 Å². The molecule has 1 aliphatic heterocycles. The normalized spacial score (nSPS) is 13.9. The predicted molar refractivity (Wildman–Crippen MR) is 78.3 cm³/mol. The quantitative estimate of drug-likeness (QED) is 0.900. The van der Waals surface area contributed by atoms with Crippen LogP contribution in [0.4, 0.5) is 13.2 Å². The lowest BCUT2D eigenvalue weighted by molar-refractivity contribution is -0.173. The molecule has 1 aliphatic rings.